The predicted octanol–water partition coefficient (Wildman–Crippen LogP) is 3.05. The highest BCUT2D eigenvalue weighted by atomic mass is 19.1. The molecule has 1 atom stereocenters. The van der Waals surface area contributed by atoms with Gasteiger partial charge in [0.25, 0.3) is 0 Å². The summed E-state index contributed by atoms with van der Waals surface area (Å²) in [5, 5.41) is 20.7. The number of hydrazine groups is 1. The van der Waals surface area contributed by atoms with Crippen molar-refractivity contribution in [3.8, 4) is 0 Å². The fourth-order valence-corrected chi connectivity index (χ4v) is 5.58. The number of rotatable bonds is 9. The monoisotopic (exact) mass is 574 g/mol. The second kappa shape index (κ2) is 11.7. The molecule has 0 spiro atoms. The molecule has 1 fully saturated rings. The van der Waals surface area contributed by atoms with Crippen molar-refractivity contribution < 1.29 is 18.7 Å². The number of benzene rings is 3. The van der Waals surface area contributed by atoms with Crippen LogP contribution in [0.5, 0.6) is 0 Å². The van der Waals surface area contributed by atoms with E-state index >= 15 is 0 Å². The Balaban J connectivity index is 1.07. The smallest absolute Gasteiger partial charge is 0.241 e. The molecule has 0 aliphatic carbocycles. The van der Waals surface area contributed by atoms with Crippen LogP contribution in [0, 0.1) is 11.6 Å². The maximum Gasteiger partial charge on any atom is 0.241 e. The van der Waals surface area contributed by atoms with Gasteiger partial charge in [-0.15, -0.1) is 0 Å². The van der Waals surface area contributed by atoms with Crippen LogP contribution >= 0.6 is 0 Å². The lowest BCUT2D eigenvalue weighted by Crippen LogP contribution is -2.50. The van der Waals surface area contributed by atoms with Gasteiger partial charge in [-0.1, -0.05) is 24.3 Å². The van der Waals surface area contributed by atoms with E-state index in [-0.39, 0.29) is 31.1 Å². The van der Waals surface area contributed by atoms with E-state index < -0.39 is 17.2 Å². The quantitative estimate of drug-likeness (QED) is 0.281. The largest absolute Gasteiger partial charge is 0.382 e. The highest BCUT2D eigenvalue weighted by molar-refractivity contribution is 5.81. The molecule has 10 nitrogen and oxygen atoms in total. The number of piperazine rings is 1. The Hall–Kier alpha value is -4.55. The molecule has 3 N–H and O–H groups in total. The summed E-state index contributed by atoms with van der Waals surface area (Å²) in [7, 11) is 0. The highest BCUT2D eigenvalue weighted by Crippen LogP contribution is 2.33. The molecule has 1 amide bonds. The minimum Gasteiger partial charge on any atom is -0.382 e. The van der Waals surface area contributed by atoms with E-state index in [2.05, 4.69) is 37.9 Å². The van der Waals surface area contributed by atoms with E-state index in [1.165, 1.54) is 29.1 Å². The van der Waals surface area contributed by atoms with Crippen LogP contribution in [0.2, 0.25) is 0 Å². The molecule has 2 aliphatic rings. The van der Waals surface area contributed by atoms with Crippen LogP contribution in [-0.2, 0) is 23.5 Å². The van der Waals surface area contributed by atoms with Crippen molar-refractivity contribution in [2.75, 3.05) is 54.9 Å². The Labute approximate surface area is 242 Å². The number of halogens is 2. The minimum atomic E-state index is -1.74. The van der Waals surface area contributed by atoms with Crippen molar-refractivity contribution >= 4 is 23.0 Å². The van der Waals surface area contributed by atoms with Crippen molar-refractivity contribution in [2.24, 2.45) is 0 Å². The Morgan fingerprint density at radius 1 is 1.00 bits per heavy atom. The molecule has 4 aromatic rings. The topological polar surface area (TPSA) is 102 Å². The van der Waals surface area contributed by atoms with Gasteiger partial charge in [-0.3, -0.25) is 4.79 Å². The first-order valence-corrected chi connectivity index (χ1v) is 13.8. The number of para-hydroxylation sites is 1. The van der Waals surface area contributed by atoms with Gasteiger partial charge in [0.2, 0.25) is 5.91 Å². The van der Waals surface area contributed by atoms with Crippen LogP contribution in [0.25, 0.3) is 0 Å². The highest BCUT2D eigenvalue weighted by Gasteiger charge is 2.37. The molecule has 218 valence electrons. The molecule has 0 radical (unpaired) electrons. The number of hydrogen-bond donors (Lipinski definition) is 3. The molecular weight excluding hydrogens is 542 g/mol. The zero-order valence-corrected chi connectivity index (χ0v) is 23.0. The fourth-order valence-electron chi connectivity index (χ4n) is 5.58. The zero-order valence-electron chi connectivity index (χ0n) is 23.0. The van der Waals surface area contributed by atoms with Crippen molar-refractivity contribution in [2.45, 2.75) is 18.7 Å². The van der Waals surface area contributed by atoms with Gasteiger partial charge in [0.15, 0.2) is 0 Å². The number of hydrogen-bond acceptors (Lipinski definition) is 8. The van der Waals surface area contributed by atoms with Crippen LogP contribution in [0.4, 0.5) is 25.8 Å². The summed E-state index contributed by atoms with van der Waals surface area (Å²) in [5.74, 6) is -1.52. The van der Waals surface area contributed by atoms with E-state index in [0.29, 0.717) is 19.6 Å². The summed E-state index contributed by atoms with van der Waals surface area (Å²) in [6, 6.07) is 19.1. The van der Waals surface area contributed by atoms with Gasteiger partial charge in [0, 0.05) is 55.7 Å². The zero-order chi connectivity index (χ0) is 29.1. The Kier molecular flexibility index (Phi) is 7.72. The first-order valence-electron chi connectivity index (χ1n) is 13.8. The van der Waals surface area contributed by atoms with Gasteiger partial charge in [-0.2, -0.15) is 5.10 Å². The van der Waals surface area contributed by atoms with Crippen LogP contribution in [0.3, 0.4) is 0 Å². The number of nitrogens with one attached hydrogen (secondary N) is 2. The van der Waals surface area contributed by atoms with Crippen molar-refractivity contribution in [1.29, 1.82) is 0 Å². The van der Waals surface area contributed by atoms with Gasteiger partial charge in [0.05, 0.1) is 25.3 Å². The number of amides is 1. The number of anilines is 3. The molecule has 0 saturated carbocycles. The molecule has 2 aliphatic heterocycles. The molecular formula is C30H32F2N8O2. The van der Waals surface area contributed by atoms with Crippen LogP contribution < -0.4 is 15.6 Å². The molecule has 42 heavy (non-hydrogen) atoms. The van der Waals surface area contributed by atoms with Crippen LogP contribution in [0.15, 0.2) is 79.4 Å². The van der Waals surface area contributed by atoms with E-state index in [4.69, 9.17) is 0 Å². The maximum absolute atomic E-state index is 14.8. The normalized spacial score (nSPS) is 16.5. The molecule has 1 aromatic heterocycles. The van der Waals surface area contributed by atoms with Crippen LogP contribution in [-0.4, -0.2) is 75.0 Å². The number of β-amino-alcohol motifs (C(OH)–C–C–N with tert-alkyl or cyclic N) is 1. The second-order valence-electron chi connectivity index (χ2n) is 10.6. The standard InChI is InChI=1S/C30H32F2N8O2/c31-23-6-8-26(27(32)15-23)30(42,19-40-21-33-20-35-40)18-39-17-22-14-24(7-9-28(22)36-39)34-16-29(41)38-12-10-37(11-13-38)25-4-2-1-3-5-25/h1-9,14-15,20-21,34,36,42H,10-13,16-19H2. The van der Waals surface area contributed by atoms with Crippen molar-refractivity contribution in [1.82, 2.24) is 24.7 Å². The number of carbonyl (C=O) groups excluding carboxylic acids is 1. The first kappa shape index (κ1) is 27.6. The molecule has 3 aromatic carbocycles. The number of carbonyl (C=O) groups is 1. The van der Waals surface area contributed by atoms with E-state index in [9.17, 15) is 18.7 Å². The average molecular weight is 575 g/mol. The summed E-state index contributed by atoms with van der Waals surface area (Å²) in [5.41, 5.74) is 5.24. The number of aromatic nitrogens is 3. The van der Waals surface area contributed by atoms with Gasteiger partial charge in [-0.25, -0.2) is 23.5 Å². The van der Waals surface area contributed by atoms with E-state index in [1.807, 2.05) is 41.3 Å². The van der Waals surface area contributed by atoms with Gasteiger partial charge < -0.3 is 25.6 Å². The Morgan fingerprint density at radius 2 is 1.81 bits per heavy atom. The van der Waals surface area contributed by atoms with Gasteiger partial charge in [-0.05, 0) is 42.0 Å². The maximum atomic E-state index is 14.8. The lowest BCUT2D eigenvalue weighted by atomic mass is 9.92. The van der Waals surface area contributed by atoms with Gasteiger partial charge in [0.1, 0.15) is 29.9 Å². The summed E-state index contributed by atoms with van der Waals surface area (Å²) in [6.07, 6.45) is 2.76. The average Bonchev–Trinajstić information content (AvgIpc) is 3.65. The number of aliphatic hydroxyl groups is 1. The molecule has 0 bridgehead atoms. The SMILES string of the molecule is O=C(CNc1ccc2c(c1)CN(CC(O)(Cn1cncn1)c1ccc(F)cc1F)N2)N1CCN(c2ccccc2)CC1. The van der Waals surface area contributed by atoms with Crippen molar-refractivity contribution in [3.05, 3.63) is 102 Å². The third-order valence-corrected chi connectivity index (χ3v) is 7.72. The van der Waals surface area contributed by atoms with Crippen LogP contribution in [0.1, 0.15) is 11.1 Å². The number of fused-ring (bicyclic) bond motifs is 1. The lowest BCUT2D eigenvalue weighted by molar-refractivity contribution is -0.129. The Bertz CT molecular complexity index is 1530. The van der Waals surface area contributed by atoms with E-state index in [0.717, 1.165) is 42.2 Å². The Morgan fingerprint density at radius 3 is 2.55 bits per heavy atom. The lowest BCUT2D eigenvalue weighted by Gasteiger charge is -2.36. The third-order valence-electron chi connectivity index (χ3n) is 7.72. The second-order valence-corrected chi connectivity index (χ2v) is 10.6. The number of nitrogens with zero attached hydrogens (tertiary/aromatic N) is 6. The molecule has 3 heterocycles. The summed E-state index contributed by atoms with van der Waals surface area (Å²) in [6.45, 7) is 3.43. The summed E-state index contributed by atoms with van der Waals surface area (Å²) < 4.78 is 29.9. The fraction of sp³-hybridized carbons (Fsp3) is 0.300. The third kappa shape index (κ3) is 6.04. The molecule has 1 unspecified atom stereocenters. The molecule has 12 heteroatoms. The summed E-state index contributed by atoms with van der Waals surface area (Å²) >= 11 is 0. The summed E-state index contributed by atoms with van der Waals surface area (Å²) in [4.78, 5) is 21.0. The molecule has 6 rings (SSSR count). The van der Waals surface area contributed by atoms with E-state index in [1.54, 1.807) is 5.01 Å². The molecule has 1 saturated heterocycles. The predicted molar refractivity (Wildman–Crippen MR) is 154 cm³/mol. The minimum absolute atomic E-state index is 0.0136. The van der Waals surface area contributed by atoms with Gasteiger partial charge >= 0.3 is 0 Å². The van der Waals surface area contributed by atoms with Crippen molar-refractivity contribution in [3.63, 3.8) is 0 Å². The first-order chi connectivity index (χ1) is 20.4.